The van der Waals surface area contributed by atoms with E-state index in [0.717, 1.165) is 43.5 Å². The van der Waals surface area contributed by atoms with Crippen LogP contribution in [0.3, 0.4) is 0 Å². The summed E-state index contributed by atoms with van der Waals surface area (Å²) in [5.74, 6) is -0.342. The molecule has 0 fully saturated rings. The van der Waals surface area contributed by atoms with Crippen molar-refractivity contribution >= 4 is 34.0 Å². The molecule has 2 nitrogen and oxygen atoms in total. The summed E-state index contributed by atoms with van der Waals surface area (Å²) in [5, 5.41) is 3.95. The normalized spacial score (nSPS) is 12.4. The van der Waals surface area contributed by atoms with Crippen LogP contribution in [-0.4, -0.2) is 5.97 Å². The zero-order chi connectivity index (χ0) is 26.8. The monoisotopic (exact) mass is 516 g/mol. The van der Waals surface area contributed by atoms with Crippen molar-refractivity contribution in [3.8, 4) is 0 Å². The fraction of sp³-hybridized carbons (Fsp3) is 0.114. The van der Waals surface area contributed by atoms with Crippen molar-refractivity contribution in [1.29, 1.82) is 0 Å². The average molecular weight is 517 g/mol. The average Bonchev–Trinajstić information content (AvgIpc) is 2.94. The van der Waals surface area contributed by atoms with Crippen molar-refractivity contribution in [2.75, 3.05) is 0 Å². The molecule has 0 aliphatic carbocycles. The first-order valence-corrected chi connectivity index (χ1v) is 15.1. The molecule has 0 atom stereocenters. The standard InChI is InChI=1S/C35H33O2P/c1-26-10-18-31(19-11-26)38(32-20-12-27(2)13-21-32,33-22-14-28(3)15-23-33,34-24-16-29(4)17-25-34)37-35(36)30-8-6-5-7-9-30/h5-25H,1-4H3. The Balaban J connectivity index is 2.01. The Morgan fingerprint density at radius 1 is 0.447 bits per heavy atom. The molecule has 0 aliphatic rings. The Morgan fingerprint density at radius 2 is 0.737 bits per heavy atom. The molecule has 5 rings (SSSR count). The van der Waals surface area contributed by atoms with Gasteiger partial charge in [-0.15, -0.1) is 0 Å². The molecule has 0 unspecified atom stereocenters. The zero-order valence-electron chi connectivity index (χ0n) is 22.4. The number of carbonyl (C=O) groups is 1. The number of carbonyl (C=O) groups excluding carboxylic acids is 1. The molecule has 5 aromatic carbocycles. The number of hydrogen-bond acceptors (Lipinski definition) is 2. The summed E-state index contributed by atoms with van der Waals surface area (Å²) in [7, 11) is 0. The molecule has 0 bridgehead atoms. The molecule has 0 aliphatic heterocycles. The van der Waals surface area contributed by atoms with Gasteiger partial charge in [-0.1, -0.05) is 0 Å². The zero-order valence-corrected chi connectivity index (χ0v) is 23.3. The van der Waals surface area contributed by atoms with Gasteiger partial charge in [-0.05, 0) is 0 Å². The van der Waals surface area contributed by atoms with Gasteiger partial charge in [-0.25, -0.2) is 0 Å². The van der Waals surface area contributed by atoms with E-state index in [1.54, 1.807) is 0 Å². The Kier molecular flexibility index (Phi) is 6.78. The maximum absolute atomic E-state index is 14.2. The van der Waals surface area contributed by atoms with Crippen LogP contribution in [0, 0.1) is 27.7 Å². The van der Waals surface area contributed by atoms with Gasteiger partial charge in [0.1, 0.15) is 0 Å². The van der Waals surface area contributed by atoms with Gasteiger partial charge >= 0.3 is 226 Å². The quantitative estimate of drug-likeness (QED) is 0.231. The van der Waals surface area contributed by atoms with Crippen LogP contribution in [0.1, 0.15) is 32.6 Å². The summed E-state index contributed by atoms with van der Waals surface area (Å²) in [4.78, 5) is 14.2. The number of benzene rings is 5. The van der Waals surface area contributed by atoms with E-state index in [1.807, 2.05) is 30.3 Å². The second kappa shape index (κ2) is 10.0. The first-order valence-electron chi connectivity index (χ1n) is 12.9. The molecular weight excluding hydrogens is 483 g/mol. The van der Waals surface area contributed by atoms with Gasteiger partial charge in [0.25, 0.3) is 0 Å². The minimum absolute atomic E-state index is 0.342. The van der Waals surface area contributed by atoms with Gasteiger partial charge in [-0.2, -0.15) is 0 Å². The van der Waals surface area contributed by atoms with E-state index in [4.69, 9.17) is 4.52 Å². The number of rotatable bonds is 6. The third kappa shape index (κ3) is 4.16. The first-order chi connectivity index (χ1) is 18.3. The van der Waals surface area contributed by atoms with Gasteiger partial charge in [0.15, 0.2) is 0 Å². The van der Waals surface area contributed by atoms with Crippen LogP contribution in [0.2, 0.25) is 0 Å². The van der Waals surface area contributed by atoms with Crippen molar-refractivity contribution in [3.05, 3.63) is 155 Å². The van der Waals surface area contributed by atoms with Gasteiger partial charge < -0.3 is 0 Å². The summed E-state index contributed by atoms with van der Waals surface area (Å²) >= 11 is 0. The molecule has 190 valence electrons. The molecule has 0 radical (unpaired) electrons. The van der Waals surface area contributed by atoms with E-state index in [2.05, 4.69) is 125 Å². The summed E-state index contributed by atoms with van der Waals surface area (Å²) in [6, 6.07) is 43.4. The molecule has 0 heterocycles. The number of aryl methyl sites for hydroxylation is 4. The van der Waals surface area contributed by atoms with Crippen molar-refractivity contribution in [3.63, 3.8) is 0 Å². The van der Waals surface area contributed by atoms with Crippen molar-refractivity contribution in [2.24, 2.45) is 0 Å². The second-order valence-electron chi connectivity index (χ2n) is 10.1. The topological polar surface area (TPSA) is 26.3 Å². The van der Waals surface area contributed by atoms with E-state index >= 15 is 0 Å². The van der Waals surface area contributed by atoms with Crippen LogP contribution >= 0.6 is 6.83 Å². The van der Waals surface area contributed by atoms with Gasteiger partial charge in [0.2, 0.25) is 0 Å². The molecule has 0 spiro atoms. The first kappa shape index (κ1) is 25.6. The van der Waals surface area contributed by atoms with E-state index in [-0.39, 0.29) is 5.97 Å². The third-order valence-electron chi connectivity index (χ3n) is 7.38. The van der Waals surface area contributed by atoms with E-state index in [0.29, 0.717) is 5.56 Å². The van der Waals surface area contributed by atoms with E-state index in [9.17, 15) is 4.79 Å². The van der Waals surface area contributed by atoms with Gasteiger partial charge in [0, 0.05) is 0 Å². The Bertz CT molecular complexity index is 1360. The van der Waals surface area contributed by atoms with Crippen LogP contribution in [0.4, 0.5) is 0 Å². The molecule has 3 heteroatoms. The molecule has 0 amide bonds. The summed E-state index contributed by atoms with van der Waals surface area (Å²) in [6.07, 6.45) is 0. The van der Waals surface area contributed by atoms with E-state index in [1.165, 1.54) is 0 Å². The predicted octanol–water partition coefficient (Wildman–Crippen LogP) is 6.85. The van der Waals surface area contributed by atoms with Crippen LogP contribution in [0.5, 0.6) is 0 Å². The summed E-state index contributed by atoms with van der Waals surface area (Å²) in [5.41, 5.74) is 5.13. The molecule has 0 N–H and O–H groups in total. The Hall–Kier alpha value is -4.00. The summed E-state index contributed by atoms with van der Waals surface area (Å²) in [6.45, 7) is 4.25. The fourth-order valence-corrected chi connectivity index (χ4v) is 10.7. The van der Waals surface area contributed by atoms with Crippen LogP contribution in [0.25, 0.3) is 0 Å². The SMILES string of the molecule is Cc1ccc(P(OC(=O)c2ccccc2)(c2ccc(C)cc2)(c2ccc(C)cc2)c2ccc(C)cc2)cc1. The molecule has 0 saturated heterocycles. The molecular formula is C35H33O2P. The van der Waals surface area contributed by atoms with Crippen molar-refractivity contribution < 1.29 is 9.32 Å². The van der Waals surface area contributed by atoms with Gasteiger partial charge in [-0.3, -0.25) is 0 Å². The maximum atomic E-state index is 14.2. The van der Waals surface area contributed by atoms with Crippen LogP contribution < -0.4 is 21.2 Å². The molecule has 0 saturated carbocycles. The second-order valence-corrected chi connectivity index (χ2v) is 14.4. The molecule has 0 aromatic heterocycles. The van der Waals surface area contributed by atoms with Crippen molar-refractivity contribution in [1.82, 2.24) is 0 Å². The molecule has 5 aromatic rings. The van der Waals surface area contributed by atoms with E-state index < -0.39 is 6.83 Å². The third-order valence-corrected chi connectivity index (χ3v) is 13.0. The fourth-order valence-electron chi connectivity index (χ4n) is 5.21. The minimum atomic E-state index is -4.07. The number of hydrogen-bond donors (Lipinski definition) is 0. The van der Waals surface area contributed by atoms with Gasteiger partial charge in [0.05, 0.1) is 0 Å². The molecule has 38 heavy (non-hydrogen) atoms. The predicted molar refractivity (Wildman–Crippen MR) is 162 cm³/mol. The van der Waals surface area contributed by atoms with Crippen LogP contribution in [-0.2, 0) is 4.52 Å². The van der Waals surface area contributed by atoms with Crippen molar-refractivity contribution in [2.45, 2.75) is 27.7 Å². The van der Waals surface area contributed by atoms with Crippen LogP contribution in [0.15, 0.2) is 127 Å². The Labute approximate surface area is 226 Å². The Morgan fingerprint density at radius 3 is 1.03 bits per heavy atom. The summed E-state index contributed by atoms with van der Waals surface area (Å²) < 4.78 is 7.21.